The maximum Gasteiger partial charge on any atom is 0.239 e. The number of hydrogen-bond donors (Lipinski definition) is 2. The third-order valence-corrected chi connectivity index (χ3v) is 8.64. The summed E-state index contributed by atoms with van der Waals surface area (Å²) in [6, 6.07) is 15.0. The van der Waals surface area contributed by atoms with Crippen LogP contribution < -0.4 is 10.1 Å². The molecule has 2 aromatic rings. The van der Waals surface area contributed by atoms with Gasteiger partial charge >= 0.3 is 0 Å². The highest BCUT2D eigenvalue weighted by atomic mass is 16.5. The number of aryl methyl sites for hydroxylation is 1. The van der Waals surface area contributed by atoms with E-state index < -0.39 is 6.04 Å². The average Bonchev–Trinajstić information content (AvgIpc) is 3.06. The summed E-state index contributed by atoms with van der Waals surface area (Å²) in [5, 5.41) is 12.5. The fourth-order valence-corrected chi connectivity index (χ4v) is 6.08. The molecule has 2 N–H and O–H groups in total. The van der Waals surface area contributed by atoms with Crippen molar-refractivity contribution in [1.29, 1.82) is 0 Å². The molecule has 11 heteroatoms. The molecule has 244 valence electrons. The minimum Gasteiger partial charge on any atom is -0.457 e. The first-order chi connectivity index (χ1) is 22.0. The Bertz CT molecular complexity index is 1270. The predicted octanol–water partition coefficient (Wildman–Crippen LogP) is 2.35. The minimum atomic E-state index is -0.430. The number of aliphatic hydroxyl groups is 1. The zero-order valence-electron chi connectivity index (χ0n) is 26.0. The highest BCUT2D eigenvalue weighted by Crippen LogP contribution is 2.25. The van der Waals surface area contributed by atoms with Crippen molar-refractivity contribution in [3.05, 3.63) is 59.7 Å². The van der Waals surface area contributed by atoms with Crippen LogP contribution in [-0.2, 0) is 36.9 Å². The summed E-state index contributed by atoms with van der Waals surface area (Å²) in [4.78, 5) is 45.5. The van der Waals surface area contributed by atoms with Crippen LogP contribution in [0.5, 0.6) is 11.5 Å². The molecular weight excluding hydrogens is 576 g/mol. The number of ether oxygens (including phenoxy) is 3. The maximum atomic E-state index is 13.4. The topological polar surface area (TPSA) is 121 Å². The summed E-state index contributed by atoms with van der Waals surface area (Å²) >= 11 is 0. The van der Waals surface area contributed by atoms with E-state index >= 15 is 0 Å². The summed E-state index contributed by atoms with van der Waals surface area (Å²) in [6.45, 7) is 5.41. The molecule has 2 saturated heterocycles. The number of carbonyl (C=O) groups is 3. The van der Waals surface area contributed by atoms with Crippen molar-refractivity contribution in [3.8, 4) is 11.5 Å². The second kappa shape index (κ2) is 16.7. The standard InChI is InChI=1S/C34H46N4O7/c39-19-3-15-37-24-32(40)35-30-23-38(33(41)6-2-14-36-17-20-43-21-18-36)16-13-31(30)44-25-27-4-1-5-29(22-27)45-28-10-7-26(8-11-28)9-12-34(37)42/h1,4-5,7-8,10-11,22,30-31,39H,2-3,6,9,12-21,23-25H2,(H,35,40)/t30-,31-/m0/s1. The Morgan fingerprint density at radius 3 is 2.56 bits per heavy atom. The van der Waals surface area contributed by atoms with Gasteiger partial charge in [0.15, 0.2) is 0 Å². The number of rotatable bonds is 7. The quantitative estimate of drug-likeness (QED) is 0.483. The van der Waals surface area contributed by atoms with E-state index in [1.165, 1.54) is 4.90 Å². The zero-order valence-corrected chi connectivity index (χ0v) is 26.0. The Morgan fingerprint density at radius 2 is 1.76 bits per heavy atom. The highest BCUT2D eigenvalue weighted by molar-refractivity contribution is 5.85. The van der Waals surface area contributed by atoms with Gasteiger partial charge in [-0.05, 0) is 67.6 Å². The number of likely N-dealkylation sites (tertiary alicyclic amines) is 1. The maximum absolute atomic E-state index is 13.4. The summed E-state index contributed by atoms with van der Waals surface area (Å²) in [5.41, 5.74) is 1.93. The number of amides is 3. The third kappa shape index (κ3) is 9.99. The molecule has 2 atom stereocenters. The minimum absolute atomic E-state index is 0.0722. The van der Waals surface area contributed by atoms with E-state index in [-0.39, 0.29) is 49.9 Å². The molecule has 11 nitrogen and oxygen atoms in total. The predicted molar refractivity (Wildman–Crippen MR) is 168 cm³/mol. The molecule has 0 aliphatic carbocycles. The molecule has 2 fully saturated rings. The monoisotopic (exact) mass is 622 g/mol. The Hall–Kier alpha value is -3.51. The Morgan fingerprint density at radius 1 is 0.933 bits per heavy atom. The zero-order chi connectivity index (χ0) is 31.4. The van der Waals surface area contributed by atoms with Gasteiger partial charge in [0.1, 0.15) is 11.5 Å². The second-order valence-corrected chi connectivity index (χ2v) is 12.0. The molecule has 0 spiro atoms. The molecule has 0 unspecified atom stereocenters. The number of piperidine rings is 1. The van der Waals surface area contributed by atoms with Gasteiger partial charge in [0.2, 0.25) is 17.7 Å². The average molecular weight is 623 g/mol. The van der Waals surface area contributed by atoms with E-state index in [0.717, 1.165) is 50.4 Å². The lowest BCUT2D eigenvalue weighted by molar-refractivity contribution is -0.139. The molecule has 0 aromatic heterocycles. The van der Waals surface area contributed by atoms with E-state index in [1.54, 1.807) is 0 Å². The van der Waals surface area contributed by atoms with Crippen molar-refractivity contribution in [3.63, 3.8) is 0 Å². The molecule has 4 aliphatic rings. The lowest BCUT2D eigenvalue weighted by Crippen LogP contribution is -2.58. The van der Waals surface area contributed by atoms with Gasteiger partial charge in [0.05, 0.1) is 38.5 Å². The van der Waals surface area contributed by atoms with E-state index in [0.29, 0.717) is 56.9 Å². The molecule has 4 aliphatic heterocycles. The van der Waals surface area contributed by atoms with E-state index in [2.05, 4.69) is 10.2 Å². The molecule has 3 amide bonds. The number of benzene rings is 2. The number of nitrogens with zero attached hydrogens (tertiary/aromatic N) is 3. The smallest absolute Gasteiger partial charge is 0.239 e. The number of aliphatic hydroxyl groups excluding tert-OH is 1. The third-order valence-electron chi connectivity index (χ3n) is 8.64. The SMILES string of the molecule is O=C1CN(CCCO)C(=O)CCc2ccc(cc2)Oc2cccc(c2)CO[C@H]2CCN(C(=O)CCCN3CCOCC3)C[C@@H]2N1. The Kier molecular flexibility index (Phi) is 12.2. The van der Waals surface area contributed by atoms with Gasteiger partial charge in [0.25, 0.3) is 0 Å². The first-order valence-electron chi connectivity index (χ1n) is 16.2. The van der Waals surface area contributed by atoms with Crippen molar-refractivity contribution < 1.29 is 33.7 Å². The number of nitrogens with one attached hydrogen (secondary N) is 1. The first kappa shape index (κ1) is 32.9. The lowest BCUT2D eigenvalue weighted by Gasteiger charge is -2.39. The van der Waals surface area contributed by atoms with E-state index in [4.69, 9.17) is 14.2 Å². The van der Waals surface area contributed by atoms with Gasteiger partial charge in [-0.1, -0.05) is 24.3 Å². The van der Waals surface area contributed by atoms with Crippen molar-refractivity contribution in [2.24, 2.45) is 0 Å². The molecule has 0 radical (unpaired) electrons. The molecule has 4 bridgehead atoms. The van der Waals surface area contributed by atoms with Crippen molar-refractivity contribution in [2.75, 3.05) is 65.6 Å². The summed E-state index contributed by atoms with van der Waals surface area (Å²) in [7, 11) is 0. The van der Waals surface area contributed by atoms with Crippen LogP contribution in [0.2, 0.25) is 0 Å². The van der Waals surface area contributed by atoms with Crippen LogP contribution in [0, 0.1) is 0 Å². The summed E-state index contributed by atoms with van der Waals surface area (Å²) < 4.78 is 17.9. The first-order valence-corrected chi connectivity index (χ1v) is 16.2. The fraction of sp³-hybridized carbons (Fsp3) is 0.559. The summed E-state index contributed by atoms with van der Waals surface area (Å²) in [5.74, 6) is 1.00. The second-order valence-electron chi connectivity index (χ2n) is 12.0. The molecule has 2 aromatic carbocycles. The Balaban J connectivity index is 1.29. The van der Waals surface area contributed by atoms with Crippen molar-refractivity contribution >= 4 is 17.7 Å². The van der Waals surface area contributed by atoms with Crippen LogP contribution in [0.25, 0.3) is 0 Å². The number of hydrogen-bond acceptors (Lipinski definition) is 8. The van der Waals surface area contributed by atoms with E-state index in [9.17, 15) is 19.5 Å². The fourth-order valence-electron chi connectivity index (χ4n) is 6.08. The van der Waals surface area contributed by atoms with Crippen LogP contribution in [0.3, 0.4) is 0 Å². The largest absolute Gasteiger partial charge is 0.457 e. The van der Waals surface area contributed by atoms with Crippen molar-refractivity contribution in [1.82, 2.24) is 20.0 Å². The number of fused-ring (bicyclic) bond motifs is 9. The van der Waals surface area contributed by atoms with Crippen LogP contribution in [0.15, 0.2) is 48.5 Å². The normalized spacial score (nSPS) is 22.1. The molecule has 6 rings (SSSR count). The number of carbonyl (C=O) groups excluding carboxylic acids is 3. The van der Waals surface area contributed by atoms with Gasteiger partial charge in [-0.15, -0.1) is 0 Å². The molecular formula is C34H46N4O7. The molecule has 45 heavy (non-hydrogen) atoms. The van der Waals surface area contributed by atoms with Crippen LogP contribution >= 0.6 is 0 Å². The molecule has 0 saturated carbocycles. The highest BCUT2D eigenvalue weighted by Gasteiger charge is 2.34. The van der Waals surface area contributed by atoms with Crippen molar-refractivity contribution in [2.45, 2.75) is 57.3 Å². The van der Waals surface area contributed by atoms with E-state index in [1.807, 2.05) is 53.4 Å². The van der Waals surface area contributed by atoms with Crippen LogP contribution in [0.4, 0.5) is 0 Å². The van der Waals surface area contributed by atoms with Gasteiger partial charge < -0.3 is 34.4 Å². The summed E-state index contributed by atoms with van der Waals surface area (Å²) in [6.07, 6.45) is 2.63. The Labute approximate surface area is 265 Å². The number of morpholine rings is 1. The van der Waals surface area contributed by atoms with Gasteiger partial charge in [-0.25, -0.2) is 0 Å². The van der Waals surface area contributed by atoms with Crippen LogP contribution in [0.1, 0.15) is 43.2 Å². The van der Waals surface area contributed by atoms with Crippen LogP contribution in [-0.4, -0.2) is 115 Å². The van der Waals surface area contributed by atoms with Gasteiger partial charge in [0, 0.05) is 52.2 Å². The van der Waals surface area contributed by atoms with Gasteiger partial charge in [-0.3, -0.25) is 19.3 Å². The van der Waals surface area contributed by atoms with Gasteiger partial charge in [-0.2, -0.15) is 0 Å². The lowest BCUT2D eigenvalue weighted by atomic mass is 10.0. The molecule has 4 heterocycles.